The third-order valence-corrected chi connectivity index (χ3v) is 4.55. The third kappa shape index (κ3) is 2.44. The molecule has 0 N–H and O–H groups in total. The Morgan fingerprint density at radius 1 is 1.04 bits per heavy atom. The number of allylic oxidation sites excluding steroid dienone is 1. The number of hydrazine groups is 1. The monoisotopic (exact) mass is 302 g/mol. The Morgan fingerprint density at radius 2 is 1.91 bits per heavy atom. The molecule has 1 aromatic heterocycles. The summed E-state index contributed by atoms with van der Waals surface area (Å²) in [7, 11) is 0. The summed E-state index contributed by atoms with van der Waals surface area (Å²) in [6.45, 7) is 1.87. The third-order valence-electron chi connectivity index (χ3n) is 4.55. The molecule has 4 rings (SSSR count). The molecule has 0 unspecified atom stereocenters. The Hall–Kier alpha value is -2.80. The minimum Gasteiger partial charge on any atom is -0.289 e. The standard InChI is InChI=1S/C19H18N4/c20-13-15-9-10-21-18(12-15)17-14-23(16-6-2-1-3-7-16)22-11-5-4-8-19(17)22/h1-3,6-7,9-10,12H,4-5,8,11,14H2. The minimum absolute atomic E-state index is 0.670. The number of hydrogen-bond acceptors (Lipinski definition) is 4. The highest BCUT2D eigenvalue weighted by atomic mass is 15.6. The van der Waals surface area contributed by atoms with Crippen LogP contribution >= 0.6 is 0 Å². The maximum absolute atomic E-state index is 9.15. The Morgan fingerprint density at radius 3 is 2.74 bits per heavy atom. The van der Waals surface area contributed by atoms with Crippen molar-refractivity contribution in [2.24, 2.45) is 0 Å². The van der Waals surface area contributed by atoms with E-state index in [0.29, 0.717) is 5.56 Å². The van der Waals surface area contributed by atoms with Crippen LogP contribution < -0.4 is 5.01 Å². The topological polar surface area (TPSA) is 43.2 Å². The molecule has 1 aromatic carbocycles. The van der Waals surface area contributed by atoms with Crippen molar-refractivity contribution in [2.75, 3.05) is 18.1 Å². The molecule has 0 atom stereocenters. The van der Waals surface area contributed by atoms with Gasteiger partial charge in [-0.1, -0.05) is 18.2 Å². The molecule has 2 aromatic rings. The SMILES string of the molecule is N#Cc1ccnc(C2=C3CCCCN3N(c3ccccc3)C2)c1. The summed E-state index contributed by atoms with van der Waals surface area (Å²) < 4.78 is 0. The molecule has 3 heterocycles. The maximum atomic E-state index is 9.15. The number of hydrogen-bond donors (Lipinski definition) is 0. The van der Waals surface area contributed by atoms with Crippen molar-refractivity contribution in [3.63, 3.8) is 0 Å². The van der Waals surface area contributed by atoms with E-state index in [1.165, 1.54) is 29.8 Å². The Bertz CT molecular complexity index is 789. The number of rotatable bonds is 2. The van der Waals surface area contributed by atoms with E-state index < -0.39 is 0 Å². The van der Waals surface area contributed by atoms with Crippen molar-refractivity contribution in [2.45, 2.75) is 19.3 Å². The van der Waals surface area contributed by atoms with Crippen LogP contribution in [0.4, 0.5) is 5.69 Å². The van der Waals surface area contributed by atoms with E-state index in [1.54, 1.807) is 12.3 Å². The van der Waals surface area contributed by atoms with Gasteiger partial charge in [0, 0.05) is 24.0 Å². The zero-order valence-corrected chi connectivity index (χ0v) is 12.9. The molecule has 0 amide bonds. The Balaban J connectivity index is 1.75. The van der Waals surface area contributed by atoms with Gasteiger partial charge in [0.2, 0.25) is 0 Å². The number of fused-ring (bicyclic) bond motifs is 1. The number of anilines is 1. The second-order valence-corrected chi connectivity index (χ2v) is 5.94. The van der Waals surface area contributed by atoms with Crippen LogP contribution in [0.3, 0.4) is 0 Å². The average Bonchev–Trinajstić information content (AvgIpc) is 3.02. The van der Waals surface area contributed by atoms with Crippen molar-refractivity contribution in [1.82, 2.24) is 9.99 Å². The number of aromatic nitrogens is 1. The van der Waals surface area contributed by atoms with E-state index in [-0.39, 0.29) is 0 Å². The molecule has 0 radical (unpaired) electrons. The summed E-state index contributed by atoms with van der Waals surface area (Å²) in [6.07, 6.45) is 5.25. The quantitative estimate of drug-likeness (QED) is 0.850. The molecule has 1 fully saturated rings. The summed E-state index contributed by atoms with van der Waals surface area (Å²) in [4.78, 5) is 4.53. The van der Waals surface area contributed by atoms with E-state index in [9.17, 15) is 0 Å². The predicted octanol–water partition coefficient (Wildman–Crippen LogP) is 3.59. The molecule has 0 bridgehead atoms. The van der Waals surface area contributed by atoms with Crippen molar-refractivity contribution < 1.29 is 0 Å². The van der Waals surface area contributed by atoms with Gasteiger partial charge in [-0.2, -0.15) is 5.26 Å². The zero-order chi connectivity index (χ0) is 15.6. The minimum atomic E-state index is 0.670. The number of nitrogens with zero attached hydrogens (tertiary/aromatic N) is 4. The van der Waals surface area contributed by atoms with E-state index in [2.05, 4.69) is 45.3 Å². The lowest BCUT2D eigenvalue weighted by Crippen LogP contribution is -2.39. The fourth-order valence-corrected chi connectivity index (χ4v) is 3.44. The molecule has 23 heavy (non-hydrogen) atoms. The van der Waals surface area contributed by atoms with Crippen LogP contribution in [0.15, 0.2) is 54.4 Å². The van der Waals surface area contributed by atoms with Gasteiger partial charge in [-0.05, 0) is 43.5 Å². The zero-order valence-electron chi connectivity index (χ0n) is 12.9. The second kappa shape index (κ2) is 5.77. The van der Waals surface area contributed by atoms with Crippen LogP contribution in [0.1, 0.15) is 30.5 Å². The van der Waals surface area contributed by atoms with Crippen LogP contribution in [0.2, 0.25) is 0 Å². The molecule has 0 aliphatic carbocycles. The number of nitriles is 1. The van der Waals surface area contributed by atoms with Crippen molar-refractivity contribution in [1.29, 1.82) is 5.26 Å². The van der Waals surface area contributed by atoms with Gasteiger partial charge in [0.1, 0.15) is 0 Å². The summed E-state index contributed by atoms with van der Waals surface area (Å²) in [5, 5.41) is 13.9. The molecule has 4 nitrogen and oxygen atoms in total. The lowest BCUT2D eigenvalue weighted by atomic mass is 10.0. The van der Waals surface area contributed by atoms with Gasteiger partial charge in [0.05, 0.1) is 29.6 Å². The van der Waals surface area contributed by atoms with Crippen molar-refractivity contribution in [3.05, 3.63) is 65.6 Å². The van der Waals surface area contributed by atoms with E-state index in [1.807, 2.05) is 12.1 Å². The summed E-state index contributed by atoms with van der Waals surface area (Å²) >= 11 is 0. The van der Waals surface area contributed by atoms with Crippen LogP contribution in [0.25, 0.3) is 5.57 Å². The fraction of sp³-hybridized carbons (Fsp3) is 0.263. The summed E-state index contributed by atoms with van der Waals surface area (Å²) in [6, 6.07) is 16.4. The first kappa shape index (κ1) is 13.8. The van der Waals surface area contributed by atoms with E-state index in [4.69, 9.17) is 5.26 Å². The molecule has 2 aliphatic rings. The molecule has 4 heteroatoms. The largest absolute Gasteiger partial charge is 0.289 e. The van der Waals surface area contributed by atoms with Crippen LogP contribution in [-0.2, 0) is 0 Å². The van der Waals surface area contributed by atoms with E-state index in [0.717, 1.165) is 25.2 Å². The first-order valence-corrected chi connectivity index (χ1v) is 8.05. The molecule has 0 spiro atoms. The molecule has 114 valence electrons. The first-order chi connectivity index (χ1) is 11.4. The van der Waals surface area contributed by atoms with Crippen LogP contribution in [0.5, 0.6) is 0 Å². The summed E-state index contributed by atoms with van der Waals surface area (Å²) in [5.74, 6) is 0. The highest BCUT2D eigenvalue weighted by Crippen LogP contribution is 2.38. The second-order valence-electron chi connectivity index (χ2n) is 5.94. The Kier molecular flexibility index (Phi) is 3.47. The summed E-state index contributed by atoms with van der Waals surface area (Å²) in [5.41, 5.74) is 5.43. The lowest BCUT2D eigenvalue weighted by molar-refractivity contribution is 0.294. The first-order valence-electron chi connectivity index (χ1n) is 8.05. The van der Waals surface area contributed by atoms with Gasteiger partial charge in [-0.3, -0.25) is 15.0 Å². The van der Waals surface area contributed by atoms with Crippen molar-refractivity contribution >= 4 is 11.3 Å². The highest BCUT2D eigenvalue weighted by Gasteiger charge is 2.32. The normalized spacial score (nSPS) is 17.2. The van der Waals surface area contributed by atoms with Gasteiger partial charge in [0.15, 0.2) is 0 Å². The molecular formula is C19H18N4. The van der Waals surface area contributed by atoms with Crippen LogP contribution in [-0.4, -0.2) is 23.1 Å². The van der Waals surface area contributed by atoms with E-state index >= 15 is 0 Å². The molecule has 0 saturated carbocycles. The lowest BCUT2D eigenvalue weighted by Gasteiger charge is -2.36. The molecular weight excluding hydrogens is 284 g/mol. The number of para-hydroxylation sites is 1. The average molecular weight is 302 g/mol. The fourth-order valence-electron chi connectivity index (χ4n) is 3.44. The van der Waals surface area contributed by atoms with Gasteiger partial charge in [0.25, 0.3) is 0 Å². The van der Waals surface area contributed by atoms with Gasteiger partial charge >= 0.3 is 0 Å². The van der Waals surface area contributed by atoms with Gasteiger partial charge in [-0.15, -0.1) is 0 Å². The van der Waals surface area contributed by atoms with Crippen LogP contribution in [0, 0.1) is 11.3 Å². The predicted molar refractivity (Wildman–Crippen MR) is 90.2 cm³/mol. The Labute approximate surface area is 136 Å². The number of benzene rings is 1. The maximum Gasteiger partial charge on any atom is 0.0992 e. The van der Waals surface area contributed by atoms with Crippen molar-refractivity contribution in [3.8, 4) is 6.07 Å². The smallest absolute Gasteiger partial charge is 0.0992 e. The molecule has 1 saturated heterocycles. The number of piperidine rings is 1. The van der Waals surface area contributed by atoms with Gasteiger partial charge in [-0.25, -0.2) is 0 Å². The van der Waals surface area contributed by atoms with Gasteiger partial charge < -0.3 is 0 Å². The highest BCUT2D eigenvalue weighted by molar-refractivity contribution is 5.74. The number of pyridine rings is 1. The molecule has 2 aliphatic heterocycles.